The normalized spacial score (nSPS) is 23.5. The first kappa shape index (κ1) is 13.9. The molecule has 1 fully saturated rings. The molecule has 1 N–H and O–H groups in total. The minimum atomic E-state index is -2.99. The van der Waals surface area contributed by atoms with Gasteiger partial charge < -0.3 is 10.1 Å². The van der Waals surface area contributed by atoms with Crippen molar-refractivity contribution >= 4 is 9.84 Å². The van der Waals surface area contributed by atoms with E-state index in [0.717, 1.165) is 25.7 Å². The molecule has 1 rings (SSSR count). The first-order valence-corrected chi connectivity index (χ1v) is 7.89. The fraction of sp³-hybridized carbons (Fsp3) is 1.00. The average molecular weight is 249 g/mol. The molecule has 0 aromatic heterocycles. The Bertz CT molecular complexity index is 284. The molecule has 0 aliphatic carbocycles. The molecule has 0 amide bonds. The van der Waals surface area contributed by atoms with Gasteiger partial charge in [0.2, 0.25) is 0 Å². The van der Waals surface area contributed by atoms with Gasteiger partial charge in [0, 0.05) is 12.6 Å². The van der Waals surface area contributed by atoms with Gasteiger partial charge in [-0.1, -0.05) is 13.3 Å². The Labute approximate surface area is 98.7 Å². The van der Waals surface area contributed by atoms with Gasteiger partial charge in [-0.05, 0) is 26.3 Å². The van der Waals surface area contributed by atoms with Gasteiger partial charge >= 0.3 is 0 Å². The fourth-order valence-corrected chi connectivity index (χ4v) is 4.00. The smallest absolute Gasteiger partial charge is 0.154 e. The number of nitrogens with one attached hydrogen (secondary N) is 1. The predicted octanol–water partition coefficient (Wildman–Crippen LogP) is 0.968. The van der Waals surface area contributed by atoms with E-state index in [1.165, 1.54) is 0 Å². The Morgan fingerprint density at radius 3 is 2.75 bits per heavy atom. The predicted molar refractivity (Wildman–Crippen MR) is 65.4 cm³/mol. The Kier molecular flexibility index (Phi) is 5.72. The summed E-state index contributed by atoms with van der Waals surface area (Å²) in [7, 11) is -1.16. The van der Waals surface area contributed by atoms with Crippen molar-refractivity contribution < 1.29 is 13.2 Å². The van der Waals surface area contributed by atoms with E-state index < -0.39 is 9.84 Å². The molecule has 0 aromatic rings. The molecule has 2 atom stereocenters. The van der Waals surface area contributed by atoms with E-state index in [9.17, 15) is 8.42 Å². The Morgan fingerprint density at radius 2 is 2.25 bits per heavy atom. The number of ether oxygens (including phenoxy) is 1. The minimum Gasteiger partial charge on any atom is -0.377 e. The standard InChI is InChI=1S/C11H23NO3S/c1-3-5-10(12-2)8-16(13,14)9-11-6-4-7-15-11/h10-12H,3-9H2,1-2H3. The summed E-state index contributed by atoms with van der Waals surface area (Å²) in [4.78, 5) is 0. The zero-order valence-electron chi connectivity index (χ0n) is 10.2. The molecule has 2 unspecified atom stereocenters. The number of hydrogen-bond donors (Lipinski definition) is 1. The highest BCUT2D eigenvalue weighted by molar-refractivity contribution is 7.91. The van der Waals surface area contributed by atoms with Crippen molar-refractivity contribution in [2.45, 2.75) is 44.8 Å². The highest BCUT2D eigenvalue weighted by atomic mass is 32.2. The molecule has 96 valence electrons. The summed E-state index contributed by atoms with van der Waals surface area (Å²) in [5.74, 6) is 0.423. The second-order valence-corrected chi connectivity index (χ2v) is 6.64. The van der Waals surface area contributed by atoms with Crippen LogP contribution in [0.15, 0.2) is 0 Å². The lowest BCUT2D eigenvalue weighted by Crippen LogP contribution is -2.35. The zero-order chi connectivity index (χ0) is 12.0. The van der Waals surface area contributed by atoms with E-state index in [1.807, 2.05) is 7.05 Å². The van der Waals surface area contributed by atoms with Gasteiger partial charge in [-0.25, -0.2) is 8.42 Å². The van der Waals surface area contributed by atoms with Crippen LogP contribution in [0.25, 0.3) is 0 Å². The van der Waals surface area contributed by atoms with Crippen LogP contribution in [-0.4, -0.2) is 45.7 Å². The SMILES string of the molecule is CCCC(CS(=O)(=O)CC1CCCO1)NC. The summed E-state index contributed by atoms with van der Waals surface area (Å²) in [5, 5.41) is 3.06. The second kappa shape index (κ2) is 6.57. The number of hydrogen-bond acceptors (Lipinski definition) is 4. The van der Waals surface area contributed by atoms with Crippen LogP contribution in [0.3, 0.4) is 0 Å². The summed E-state index contributed by atoms with van der Waals surface area (Å²) in [6.45, 7) is 2.78. The highest BCUT2D eigenvalue weighted by Gasteiger charge is 2.25. The van der Waals surface area contributed by atoms with Crippen LogP contribution in [-0.2, 0) is 14.6 Å². The Balaban J connectivity index is 2.42. The summed E-state index contributed by atoms with van der Waals surface area (Å²) in [6.07, 6.45) is 3.72. The van der Waals surface area contributed by atoms with Crippen molar-refractivity contribution in [3.8, 4) is 0 Å². The molecular weight excluding hydrogens is 226 g/mol. The van der Waals surface area contributed by atoms with E-state index >= 15 is 0 Å². The van der Waals surface area contributed by atoms with Gasteiger partial charge in [0.1, 0.15) is 0 Å². The lowest BCUT2D eigenvalue weighted by Gasteiger charge is -2.17. The molecule has 5 heteroatoms. The maximum absolute atomic E-state index is 11.9. The lowest BCUT2D eigenvalue weighted by atomic mass is 10.2. The van der Waals surface area contributed by atoms with Crippen LogP contribution < -0.4 is 5.32 Å². The molecular formula is C11H23NO3S. The Morgan fingerprint density at radius 1 is 1.50 bits per heavy atom. The summed E-state index contributed by atoms with van der Waals surface area (Å²) >= 11 is 0. The van der Waals surface area contributed by atoms with Gasteiger partial charge in [0.25, 0.3) is 0 Å². The third-order valence-electron chi connectivity index (χ3n) is 2.96. The minimum absolute atomic E-state index is 0.0656. The van der Waals surface area contributed by atoms with Crippen LogP contribution in [0.4, 0.5) is 0 Å². The summed E-state index contributed by atoms with van der Waals surface area (Å²) in [6, 6.07) is 0.0800. The van der Waals surface area contributed by atoms with Crippen molar-refractivity contribution in [2.24, 2.45) is 0 Å². The van der Waals surface area contributed by atoms with Crippen LogP contribution in [0.1, 0.15) is 32.6 Å². The van der Waals surface area contributed by atoms with E-state index in [4.69, 9.17) is 4.74 Å². The van der Waals surface area contributed by atoms with Gasteiger partial charge in [-0.3, -0.25) is 0 Å². The molecule has 16 heavy (non-hydrogen) atoms. The average Bonchev–Trinajstić information content (AvgIpc) is 2.68. The zero-order valence-corrected chi connectivity index (χ0v) is 11.1. The molecule has 0 saturated carbocycles. The monoisotopic (exact) mass is 249 g/mol. The van der Waals surface area contributed by atoms with Gasteiger partial charge in [0.15, 0.2) is 9.84 Å². The summed E-state index contributed by atoms with van der Waals surface area (Å²) < 4.78 is 29.2. The van der Waals surface area contributed by atoms with Crippen molar-refractivity contribution in [3.05, 3.63) is 0 Å². The number of rotatable bonds is 7. The Hall–Kier alpha value is -0.130. The molecule has 1 saturated heterocycles. The van der Waals surface area contributed by atoms with E-state index in [1.54, 1.807) is 0 Å². The van der Waals surface area contributed by atoms with Crippen LogP contribution >= 0.6 is 0 Å². The van der Waals surface area contributed by atoms with E-state index in [0.29, 0.717) is 6.61 Å². The van der Waals surface area contributed by atoms with E-state index in [-0.39, 0.29) is 23.7 Å². The van der Waals surface area contributed by atoms with Crippen molar-refractivity contribution in [1.29, 1.82) is 0 Å². The highest BCUT2D eigenvalue weighted by Crippen LogP contribution is 2.15. The topological polar surface area (TPSA) is 55.4 Å². The third-order valence-corrected chi connectivity index (χ3v) is 4.75. The maximum Gasteiger partial charge on any atom is 0.154 e. The molecule has 0 aromatic carbocycles. The van der Waals surface area contributed by atoms with Gasteiger partial charge in [-0.15, -0.1) is 0 Å². The number of sulfone groups is 1. The molecule has 0 bridgehead atoms. The van der Waals surface area contributed by atoms with Gasteiger partial charge in [-0.2, -0.15) is 0 Å². The summed E-state index contributed by atoms with van der Waals surface area (Å²) in [5.41, 5.74) is 0. The van der Waals surface area contributed by atoms with Crippen molar-refractivity contribution in [2.75, 3.05) is 25.2 Å². The molecule has 0 radical (unpaired) electrons. The second-order valence-electron chi connectivity index (χ2n) is 4.49. The van der Waals surface area contributed by atoms with Crippen LogP contribution in [0.2, 0.25) is 0 Å². The first-order valence-electron chi connectivity index (χ1n) is 6.06. The van der Waals surface area contributed by atoms with Crippen molar-refractivity contribution in [3.63, 3.8) is 0 Å². The third kappa shape index (κ3) is 4.80. The fourth-order valence-electron chi connectivity index (χ4n) is 2.09. The first-order chi connectivity index (χ1) is 7.57. The van der Waals surface area contributed by atoms with Crippen molar-refractivity contribution in [1.82, 2.24) is 5.32 Å². The van der Waals surface area contributed by atoms with Crippen LogP contribution in [0, 0.1) is 0 Å². The van der Waals surface area contributed by atoms with Crippen LogP contribution in [0.5, 0.6) is 0 Å². The molecule has 4 nitrogen and oxygen atoms in total. The lowest BCUT2D eigenvalue weighted by molar-refractivity contribution is 0.127. The molecule has 1 heterocycles. The molecule has 1 aliphatic rings. The van der Waals surface area contributed by atoms with Gasteiger partial charge in [0.05, 0.1) is 17.6 Å². The quantitative estimate of drug-likeness (QED) is 0.730. The largest absolute Gasteiger partial charge is 0.377 e. The molecule has 1 aliphatic heterocycles. The van der Waals surface area contributed by atoms with E-state index in [2.05, 4.69) is 12.2 Å². The maximum atomic E-state index is 11.9. The molecule has 0 spiro atoms.